The summed E-state index contributed by atoms with van der Waals surface area (Å²) in [5.41, 5.74) is -0.292. The Morgan fingerprint density at radius 1 is 1.10 bits per heavy atom. The van der Waals surface area contributed by atoms with Gasteiger partial charge in [0.25, 0.3) is 0 Å². The number of ether oxygens (including phenoxy) is 1. The molecule has 0 atom stereocenters. The number of halogens is 3. The van der Waals surface area contributed by atoms with Crippen LogP contribution in [0.5, 0.6) is 5.75 Å². The van der Waals surface area contributed by atoms with Gasteiger partial charge < -0.3 is 4.74 Å². The number of carbonyl (C=O) groups excluding carboxylic acids is 1. The second-order valence-corrected chi connectivity index (χ2v) is 4.20. The third-order valence-corrected chi connectivity index (χ3v) is 2.78. The summed E-state index contributed by atoms with van der Waals surface area (Å²) >= 11 is 0. The summed E-state index contributed by atoms with van der Waals surface area (Å²) < 4.78 is 45.1. The Morgan fingerprint density at radius 2 is 1.75 bits per heavy atom. The summed E-state index contributed by atoms with van der Waals surface area (Å²) in [7, 11) is 1.27. The molecule has 2 aromatic rings. The number of carbonyl (C=O) groups is 1. The smallest absolute Gasteiger partial charge is 0.173 e. The molecule has 0 saturated carbocycles. The highest BCUT2D eigenvalue weighted by atomic mass is 19.1. The molecule has 5 heteroatoms. The average molecular weight is 280 g/mol. The van der Waals surface area contributed by atoms with E-state index in [1.807, 2.05) is 0 Å². The first-order valence-corrected chi connectivity index (χ1v) is 5.82. The van der Waals surface area contributed by atoms with E-state index >= 15 is 0 Å². The van der Waals surface area contributed by atoms with Crippen LogP contribution in [0.15, 0.2) is 36.4 Å². The van der Waals surface area contributed by atoms with Crippen LogP contribution in [0, 0.1) is 17.5 Å². The van der Waals surface area contributed by atoms with Gasteiger partial charge in [-0.15, -0.1) is 0 Å². The molecular weight excluding hydrogens is 269 g/mol. The largest absolute Gasteiger partial charge is 0.497 e. The SMILES string of the molecule is COc1cc(F)c(C(=O)Cc2cccc(F)c2)c(F)c1. The predicted octanol–water partition coefficient (Wildman–Crippen LogP) is 3.54. The van der Waals surface area contributed by atoms with Gasteiger partial charge in [-0.25, -0.2) is 13.2 Å². The fraction of sp³-hybridized carbons (Fsp3) is 0.133. The summed E-state index contributed by atoms with van der Waals surface area (Å²) in [6.45, 7) is 0. The molecular formula is C15H11F3O2. The lowest BCUT2D eigenvalue weighted by Crippen LogP contribution is -2.09. The molecule has 0 aromatic heterocycles. The van der Waals surface area contributed by atoms with Gasteiger partial charge in [0, 0.05) is 18.6 Å². The zero-order valence-electron chi connectivity index (χ0n) is 10.6. The van der Waals surface area contributed by atoms with Crippen molar-refractivity contribution >= 4 is 5.78 Å². The minimum absolute atomic E-state index is 0.0118. The summed E-state index contributed by atoms with van der Waals surface area (Å²) in [5.74, 6) is -3.27. The van der Waals surface area contributed by atoms with E-state index < -0.39 is 28.8 Å². The predicted molar refractivity (Wildman–Crippen MR) is 67.3 cm³/mol. The van der Waals surface area contributed by atoms with Gasteiger partial charge in [-0.2, -0.15) is 0 Å². The van der Waals surface area contributed by atoms with E-state index in [4.69, 9.17) is 4.74 Å². The van der Waals surface area contributed by atoms with Crippen molar-refractivity contribution in [3.63, 3.8) is 0 Å². The Bertz CT molecular complexity index is 630. The van der Waals surface area contributed by atoms with Gasteiger partial charge in [-0.3, -0.25) is 4.79 Å². The highest BCUT2D eigenvalue weighted by Crippen LogP contribution is 2.22. The number of benzene rings is 2. The summed E-state index contributed by atoms with van der Waals surface area (Å²) in [5, 5.41) is 0. The lowest BCUT2D eigenvalue weighted by atomic mass is 10.0. The molecule has 0 spiro atoms. The second kappa shape index (κ2) is 5.77. The zero-order chi connectivity index (χ0) is 14.7. The number of methoxy groups -OCH3 is 1. The van der Waals surface area contributed by atoms with Crippen molar-refractivity contribution in [2.24, 2.45) is 0 Å². The quantitative estimate of drug-likeness (QED) is 0.801. The fourth-order valence-electron chi connectivity index (χ4n) is 1.85. The third kappa shape index (κ3) is 2.99. The van der Waals surface area contributed by atoms with E-state index in [0.29, 0.717) is 5.56 Å². The molecule has 0 radical (unpaired) electrons. The molecule has 0 aliphatic rings. The fourth-order valence-corrected chi connectivity index (χ4v) is 1.85. The maximum Gasteiger partial charge on any atom is 0.173 e. The molecule has 2 rings (SSSR count). The monoisotopic (exact) mass is 280 g/mol. The molecule has 0 bridgehead atoms. The molecule has 0 aliphatic heterocycles. The lowest BCUT2D eigenvalue weighted by Gasteiger charge is -2.07. The Balaban J connectivity index is 2.30. The minimum Gasteiger partial charge on any atom is -0.497 e. The van der Waals surface area contributed by atoms with Gasteiger partial charge in [0.2, 0.25) is 0 Å². The Labute approximate surface area is 113 Å². The van der Waals surface area contributed by atoms with E-state index in [9.17, 15) is 18.0 Å². The van der Waals surface area contributed by atoms with Gasteiger partial charge in [0.1, 0.15) is 23.2 Å². The van der Waals surface area contributed by atoms with Crippen LogP contribution in [0.3, 0.4) is 0 Å². The van der Waals surface area contributed by atoms with E-state index in [-0.39, 0.29) is 12.2 Å². The first-order chi connectivity index (χ1) is 9.51. The molecule has 0 N–H and O–H groups in total. The zero-order valence-corrected chi connectivity index (χ0v) is 10.6. The van der Waals surface area contributed by atoms with Crippen molar-refractivity contribution in [2.75, 3.05) is 7.11 Å². The summed E-state index contributed by atoms with van der Waals surface area (Å²) in [6.07, 6.45) is -0.280. The van der Waals surface area contributed by atoms with Gasteiger partial charge >= 0.3 is 0 Å². The molecule has 0 fully saturated rings. The van der Waals surface area contributed by atoms with Crippen molar-refractivity contribution in [3.8, 4) is 5.75 Å². The molecule has 0 unspecified atom stereocenters. The van der Waals surface area contributed by atoms with Crippen LogP contribution < -0.4 is 4.74 Å². The van der Waals surface area contributed by atoms with Crippen LogP contribution in [0.4, 0.5) is 13.2 Å². The van der Waals surface area contributed by atoms with Gasteiger partial charge in [0.15, 0.2) is 5.78 Å². The number of hydrogen-bond acceptors (Lipinski definition) is 2. The van der Waals surface area contributed by atoms with E-state index in [1.54, 1.807) is 0 Å². The van der Waals surface area contributed by atoms with Crippen LogP contribution in [0.2, 0.25) is 0 Å². The number of ketones is 1. The number of hydrogen-bond donors (Lipinski definition) is 0. The van der Waals surface area contributed by atoms with Gasteiger partial charge in [-0.1, -0.05) is 12.1 Å². The standard InChI is InChI=1S/C15H11F3O2/c1-20-11-7-12(17)15(13(18)8-11)14(19)6-9-3-2-4-10(16)5-9/h2-5,7-8H,6H2,1H3. The van der Waals surface area contributed by atoms with Crippen LogP contribution in [0.1, 0.15) is 15.9 Å². The topological polar surface area (TPSA) is 26.3 Å². The van der Waals surface area contributed by atoms with E-state index in [2.05, 4.69) is 0 Å². The molecule has 2 aromatic carbocycles. The van der Waals surface area contributed by atoms with Gasteiger partial charge in [0.05, 0.1) is 12.7 Å². The van der Waals surface area contributed by atoms with Crippen molar-refractivity contribution in [3.05, 3.63) is 65.0 Å². The van der Waals surface area contributed by atoms with E-state index in [1.165, 1.54) is 25.3 Å². The molecule has 20 heavy (non-hydrogen) atoms. The molecule has 0 heterocycles. The Hall–Kier alpha value is -2.30. The van der Waals surface area contributed by atoms with Crippen LogP contribution in [0.25, 0.3) is 0 Å². The molecule has 0 saturated heterocycles. The van der Waals surface area contributed by atoms with Crippen molar-refractivity contribution in [2.45, 2.75) is 6.42 Å². The maximum atomic E-state index is 13.7. The first kappa shape index (κ1) is 14.1. The highest BCUT2D eigenvalue weighted by Gasteiger charge is 2.19. The molecule has 0 aliphatic carbocycles. The van der Waals surface area contributed by atoms with E-state index in [0.717, 1.165) is 18.2 Å². The second-order valence-electron chi connectivity index (χ2n) is 4.20. The average Bonchev–Trinajstić information content (AvgIpc) is 2.37. The summed E-state index contributed by atoms with van der Waals surface area (Å²) in [6, 6.07) is 7.18. The van der Waals surface area contributed by atoms with Crippen LogP contribution in [-0.2, 0) is 6.42 Å². The normalized spacial score (nSPS) is 10.4. The number of Topliss-reactive ketones (excluding diaryl/α,β-unsaturated/α-hetero) is 1. The van der Waals surface area contributed by atoms with Crippen molar-refractivity contribution in [1.82, 2.24) is 0 Å². The first-order valence-electron chi connectivity index (χ1n) is 5.82. The minimum atomic E-state index is -0.997. The van der Waals surface area contributed by atoms with Crippen LogP contribution >= 0.6 is 0 Å². The molecule has 0 amide bonds. The lowest BCUT2D eigenvalue weighted by molar-refractivity contribution is 0.0985. The summed E-state index contributed by atoms with van der Waals surface area (Å²) in [4.78, 5) is 11.9. The Kier molecular flexibility index (Phi) is 4.08. The van der Waals surface area contributed by atoms with Crippen molar-refractivity contribution < 1.29 is 22.7 Å². The molecule has 2 nitrogen and oxygen atoms in total. The Morgan fingerprint density at radius 3 is 2.30 bits per heavy atom. The van der Waals surface area contributed by atoms with Gasteiger partial charge in [-0.05, 0) is 17.7 Å². The highest BCUT2D eigenvalue weighted by molar-refractivity contribution is 5.98. The van der Waals surface area contributed by atoms with Crippen LogP contribution in [-0.4, -0.2) is 12.9 Å². The third-order valence-electron chi connectivity index (χ3n) is 2.78. The number of rotatable bonds is 4. The van der Waals surface area contributed by atoms with Crippen molar-refractivity contribution in [1.29, 1.82) is 0 Å². The molecule has 104 valence electrons. The maximum absolute atomic E-state index is 13.7.